The highest BCUT2D eigenvalue weighted by Crippen LogP contribution is 2.48. The van der Waals surface area contributed by atoms with E-state index in [0.29, 0.717) is 24.1 Å². The molecule has 2 aromatic rings. The normalized spacial score (nSPS) is 18.6. The van der Waals surface area contributed by atoms with E-state index < -0.39 is 22.6 Å². The first-order valence-corrected chi connectivity index (χ1v) is 10.5. The number of hydrogen-bond donors (Lipinski definition) is 1. The summed E-state index contributed by atoms with van der Waals surface area (Å²) in [6.45, 7) is 0. The van der Waals surface area contributed by atoms with Gasteiger partial charge in [0.1, 0.15) is 5.82 Å². The monoisotopic (exact) mass is 488 g/mol. The molecular formula is C23H16ClF3N4O3. The van der Waals surface area contributed by atoms with E-state index in [-0.39, 0.29) is 45.6 Å². The Kier molecular flexibility index (Phi) is 5.83. The summed E-state index contributed by atoms with van der Waals surface area (Å²) in [6, 6.07) is 10.1. The highest BCUT2D eigenvalue weighted by molar-refractivity contribution is 6.33. The number of nitrogens with zero attached hydrogens (tertiary/aromatic N) is 3. The van der Waals surface area contributed by atoms with Crippen molar-refractivity contribution in [3.63, 3.8) is 0 Å². The van der Waals surface area contributed by atoms with Crippen LogP contribution in [0.2, 0.25) is 5.02 Å². The van der Waals surface area contributed by atoms with Gasteiger partial charge in [0.2, 0.25) is 0 Å². The summed E-state index contributed by atoms with van der Waals surface area (Å²) in [5.74, 6) is -1.34. The molecule has 1 atom stereocenters. The van der Waals surface area contributed by atoms with Crippen molar-refractivity contribution in [3.8, 4) is 6.07 Å². The lowest BCUT2D eigenvalue weighted by atomic mass is 9.75. The summed E-state index contributed by atoms with van der Waals surface area (Å²) in [5, 5.41) is 21.0. The molecule has 2 N–H and O–H groups in total. The molecule has 34 heavy (non-hydrogen) atoms. The number of rotatable bonds is 3. The van der Waals surface area contributed by atoms with E-state index in [1.54, 1.807) is 0 Å². The van der Waals surface area contributed by atoms with Gasteiger partial charge in [-0.15, -0.1) is 0 Å². The summed E-state index contributed by atoms with van der Waals surface area (Å²) in [7, 11) is 0. The van der Waals surface area contributed by atoms with Gasteiger partial charge in [0.05, 0.1) is 38.8 Å². The number of hydrogen-bond acceptors (Lipinski definition) is 6. The minimum atomic E-state index is -4.65. The summed E-state index contributed by atoms with van der Waals surface area (Å²) >= 11 is 6.26. The third kappa shape index (κ3) is 3.88. The smallest absolute Gasteiger partial charge is 0.384 e. The molecule has 1 heterocycles. The van der Waals surface area contributed by atoms with Crippen LogP contribution in [0.15, 0.2) is 65.1 Å². The lowest BCUT2D eigenvalue weighted by Crippen LogP contribution is -2.39. The van der Waals surface area contributed by atoms with E-state index >= 15 is 0 Å². The number of non-ortho nitro benzene ring substituents is 1. The quantitative estimate of drug-likeness (QED) is 0.446. The van der Waals surface area contributed by atoms with Crippen LogP contribution in [0.3, 0.4) is 0 Å². The Morgan fingerprint density at radius 1 is 1.18 bits per heavy atom. The Morgan fingerprint density at radius 2 is 1.85 bits per heavy atom. The molecule has 11 heteroatoms. The zero-order chi connectivity index (χ0) is 24.8. The topological polar surface area (TPSA) is 113 Å². The molecular weight excluding hydrogens is 473 g/mol. The molecule has 7 nitrogen and oxygen atoms in total. The highest BCUT2D eigenvalue weighted by atomic mass is 35.5. The molecule has 2 aromatic carbocycles. The van der Waals surface area contributed by atoms with Gasteiger partial charge in [-0.2, -0.15) is 18.4 Å². The third-order valence-corrected chi connectivity index (χ3v) is 6.18. The molecule has 0 aromatic heterocycles. The minimum Gasteiger partial charge on any atom is -0.384 e. The van der Waals surface area contributed by atoms with Gasteiger partial charge in [-0.05, 0) is 36.6 Å². The molecule has 0 amide bonds. The first-order chi connectivity index (χ1) is 16.0. The fraction of sp³-hybridized carbons (Fsp3) is 0.217. The van der Waals surface area contributed by atoms with Crippen molar-refractivity contribution >= 4 is 28.8 Å². The number of anilines is 1. The molecule has 0 saturated heterocycles. The van der Waals surface area contributed by atoms with Crippen molar-refractivity contribution in [2.75, 3.05) is 4.90 Å². The molecule has 4 rings (SSSR count). The number of alkyl halides is 3. The molecule has 1 aliphatic heterocycles. The molecule has 0 spiro atoms. The molecule has 0 saturated carbocycles. The molecule has 0 unspecified atom stereocenters. The van der Waals surface area contributed by atoms with Crippen LogP contribution in [-0.4, -0.2) is 10.7 Å². The van der Waals surface area contributed by atoms with E-state index in [1.165, 1.54) is 29.2 Å². The fourth-order valence-electron chi connectivity index (χ4n) is 4.34. The van der Waals surface area contributed by atoms with Crippen LogP contribution in [0.4, 0.5) is 24.5 Å². The highest BCUT2D eigenvalue weighted by Gasteiger charge is 2.41. The molecule has 1 aliphatic carbocycles. The predicted octanol–water partition coefficient (Wildman–Crippen LogP) is 5.57. The molecule has 0 fully saturated rings. The van der Waals surface area contributed by atoms with Gasteiger partial charge in [-0.3, -0.25) is 19.8 Å². The largest absolute Gasteiger partial charge is 0.416 e. The van der Waals surface area contributed by atoms with Crippen molar-refractivity contribution in [1.82, 2.24) is 0 Å². The van der Waals surface area contributed by atoms with E-state index in [2.05, 4.69) is 0 Å². The van der Waals surface area contributed by atoms with Crippen molar-refractivity contribution in [1.29, 1.82) is 5.26 Å². The van der Waals surface area contributed by atoms with Gasteiger partial charge < -0.3 is 5.73 Å². The van der Waals surface area contributed by atoms with Crippen LogP contribution < -0.4 is 10.6 Å². The number of nitriles is 1. The van der Waals surface area contributed by atoms with Gasteiger partial charge in [-0.1, -0.05) is 23.7 Å². The second kappa shape index (κ2) is 8.50. The van der Waals surface area contributed by atoms with Crippen LogP contribution in [0.5, 0.6) is 0 Å². The Bertz CT molecular complexity index is 1310. The summed E-state index contributed by atoms with van der Waals surface area (Å²) in [4.78, 5) is 24.8. The number of carbonyl (C=O) groups is 1. The molecule has 2 aliphatic rings. The zero-order valence-corrected chi connectivity index (χ0v) is 18.2. The third-order valence-electron chi connectivity index (χ3n) is 5.86. The molecule has 0 radical (unpaired) electrons. The number of ketones is 1. The van der Waals surface area contributed by atoms with E-state index in [0.717, 1.165) is 18.2 Å². The number of Topliss-reactive ketones (excluding diaryl/α,β-unsaturated/α-hetero) is 1. The number of nitrogens with two attached hydrogens (primary N) is 1. The Morgan fingerprint density at radius 3 is 2.44 bits per heavy atom. The predicted molar refractivity (Wildman–Crippen MR) is 117 cm³/mol. The second-order valence-electron chi connectivity index (χ2n) is 7.83. The Balaban J connectivity index is 1.96. The molecule has 0 bridgehead atoms. The van der Waals surface area contributed by atoms with E-state index in [1.807, 2.05) is 6.07 Å². The maximum atomic E-state index is 13.4. The van der Waals surface area contributed by atoms with Crippen LogP contribution in [0.1, 0.15) is 36.3 Å². The standard InChI is InChI=1S/C23H16ClF3N4O3/c24-16-9-6-13(23(25,26)27)10-18(16)30-17-2-1-3-19(32)21(17)20(15(11-28)22(30)29)12-4-7-14(8-5-12)31(33)34/h4-10,20H,1-3,29H2/t20-/m0/s1. The van der Waals surface area contributed by atoms with Crippen molar-refractivity contribution in [3.05, 3.63) is 91.4 Å². The van der Waals surface area contributed by atoms with Crippen LogP contribution in [0, 0.1) is 21.4 Å². The number of halogens is 4. The van der Waals surface area contributed by atoms with Crippen LogP contribution in [-0.2, 0) is 11.0 Å². The zero-order valence-electron chi connectivity index (χ0n) is 17.4. The van der Waals surface area contributed by atoms with Gasteiger partial charge >= 0.3 is 6.18 Å². The minimum absolute atomic E-state index is 0.0353. The Labute approximate surface area is 196 Å². The van der Waals surface area contributed by atoms with Gasteiger partial charge in [0.15, 0.2) is 5.78 Å². The van der Waals surface area contributed by atoms with Crippen LogP contribution >= 0.6 is 11.6 Å². The lowest BCUT2D eigenvalue weighted by molar-refractivity contribution is -0.384. The maximum Gasteiger partial charge on any atom is 0.416 e. The summed E-state index contributed by atoms with van der Waals surface area (Å²) in [5.41, 5.74) is 6.08. The SMILES string of the molecule is N#CC1=C(N)N(c2cc(C(F)(F)F)ccc2Cl)C2=C(C(=O)CCC2)[C@H]1c1ccc([N+](=O)[O-])cc1. The van der Waals surface area contributed by atoms with Gasteiger partial charge in [0, 0.05) is 29.8 Å². The first kappa shape index (κ1) is 23.3. The van der Waals surface area contributed by atoms with E-state index in [9.17, 15) is 33.3 Å². The average Bonchev–Trinajstić information content (AvgIpc) is 2.78. The number of nitro benzene ring substituents is 1. The number of benzene rings is 2. The average molecular weight is 489 g/mol. The fourth-order valence-corrected chi connectivity index (χ4v) is 4.55. The number of allylic oxidation sites excluding steroid dienone is 3. The van der Waals surface area contributed by atoms with Crippen molar-refractivity contribution in [2.24, 2.45) is 5.73 Å². The molecule has 174 valence electrons. The summed E-state index contributed by atoms with van der Waals surface area (Å²) < 4.78 is 40.2. The second-order valence-corrected chi connectivity index (χ2v) is 8.24. The lowest BCUT2D eigenvalue weighted by Gasteiger charge is -2.40. The maximum absolute atomic E-state index is 13.4. The van der Waals surface area contributed by atoms with Crippen molar-refractivity contribution in [2.45, 2.75) is 31.4 Å². The van der Waals surface area contributed by atoms with Crippen molar-refractivity contribution < 1.29 is 22.9 Å². The van der Waals surface area contributed by atoms with Gasteiger partial charge in [0.25, 0.3) is 5.69 Å². The van der Waals surface area contributed by atoms with Crippen LogP contribution in [0.25, 0.3) is 0 Å². The Hall–Kier alpha value is -3.84. The number of carbonyl (C=O) groups excluding carboxylic acids is 1. The van der Waals surface area contributed by atoms with Gasteiger partial charge in [-0.25, -0.2) is 0 Å². The van der Waals surface area contributed by atoms with E-state index in [4.69, 9.17) is 17.3 Å². The summed E-state index contributed by atoms with van der Waals surface area (Å²) in [6.07, 6.45) is -3.71. The first-order valence-electron chi connectivity index (χ1n) is 10.1. The number of nitro groups is 1.